The Morgan fingerprint density at radius 1 is 0.900 bits per heavy atom. The van der Waals surface area contributed by atoms with Crippen molar-refractivity contribution >= 4 is 35.0 Å². The van der Waals surface area contributed by atoms with Crippen molar-refractivity contribution in [3.05, 3.63) is 81.7 Å². The van der Waals surface area contributed by atoms with Crippen LogP contribution in [-0.4, -0.2) is 79.2 Å². The molecule has 0 spiro atoms. The van der Waals surface area contributed by atoms with Gasteiger partial charge in [-0.2, -0.15) is 0 Å². The third-order valence-corrected chi connectivity index (χ3v) is 7.26. The quantitative estimate of drug-likeness (QED) is 0.321. The van der Waals surface area contributed by atoms with Gasteiger partial charge in [-0.1, -0.05) is 29.3 Å². The maximum Gasteiger partial charge on any atom is 0.254 e. The molecule has 3 aromatic rings. The number of ether oxygens (including phenoxy) is 3. The second kappa shape index (κ2) is 13.4. The molecule has 11 heteroatoms. The molecule has 2 aliphatic rings. The summed E-state index contributed by atoms with van der Waals surface area (Å²) in [6.45, 7) is 4.89. The van der Waals surface area contributed by atoms with Gasteiger partial charge in [-0.15, -0.1) is 0 Å². The summed E-state index contributed by atoms with van der Waals surface area (Å²) in [6.07, 6.45) is 2.27. The zero-order valence-corrected chi connectivity index (χ0v) is 23.5. The van der Waals surface area contributed by atoms with Crippen molar-refractivity contribution < 1.29 is 28.2 Å². The molecule has 2 aliphatic heterocycles. The summed E-state index contributed by atoms with van der Waals surface area (Å²) in [5.41, 5.74) is 1.21. The van der Waals surface area contributed by atoms with Crippen LogP contribution < -0.4 is 9.47 Å². The van der Waals surface area contributed by atoms with E-state index in [1.807, 2.05) is 24.3 Å². The highest BCUT2D eigenvalue weighted by Crippen LogP contribution is 2.33. The summed E-state index contributed by atoms with van der Waals surface area (Å²) in [5.74, 6) is 1.43. The van der Waals surface area contributed by atoms with Gasteiger partial charge in [0.05, 0.1) is 26.0 Å². The second-order valence-electron chi connectivity index (χ2n) is 9.71. The molecular weight excluding hydrogens is 557 g/mol. The number of carbonyl (C=O) groups is 2. The minimum Gasteiger partial charge on any atom is -0.467 e. The minimum atomic E-state index is -0.305. The number of amides is 2. The van der Waals surface area contributed by atoms with Crippen LogP contribution in [-0.2, 0) is 22.6 Å². The standard InChI is InChI=1S/C29H31Cl2N3O6/c30-23-14-22(15-24(31)16-23)29(36)33(7-2-6-32-8-11-37-12-9-32)19-28(35)34(18-25-3-1-10-38-25)17-21-4-5-26-27(13-21)40-20-39-26/h1,3-5,10,13-16H,2,6-9,11-12,17-20H2. The highest BCUT2D eigenvalue weighted by atomic mass is 35.5. The zero-order valence-electron chi connectivity index (χ0n) is 22.0. The molecule has 2 amide bonds. The molecule has 212 valence electrons. The smallest absolute Gasteiger partial charge is 0.254 e. The van der Waals surface area contributed by atoms with Crippen LogP contribution in [0.4, 0.5) is 0 Å². The maximum atomic E-state index is 13.8. The summed E-state index contributed by atoms with van der Waals surface area (Å²) in [6, 6.07) is 13.9. The van der Waals surface area contributed by atoms with Crippen molar-refractivity contribution in [1.29, 1.82) is 0 Å². The first kappa shape index (κ1) is 28.3. The van der Waals surface area contributed by atoms with Crippen LogP contribution in [0.25, 0.3) is 0 Å². The molecule has 0 bridgehead atoms. The van der Waals surface area contributed by atoms with Gasteiger partial charge >= 0.3 is 0 Å². The molecule has 0 aliphatic carbocycles. The average Bonchev–Trinajstić information content (AvgIpc) is 3.63. The Morgan fingerprint density at radius 2 is 1.68 bits per heavy atom. The lowest BCUT2D eigenvalue weighted by atomic mass is 10.1. The van der Waals surface area contributed by atoms with Crippen LogP contribution >= 0.6 is 23.2 Å². The number of benzene rings is 2. The Hall–Kier alpha value is -3.24. The topological polar surface area (TPSA) is 84.7 Å². The number of nitrogens with zero attached hydrogens (tertiary/aromatic N) is 3. The molecule has 9 nitrogen and oxygen atoms in total. The van der Waals surface area contributed by atoms with Crippen LogP contribution in [0.1, 0.15) is 28.1 Å². The van der Waals surface area contributed by atoms with Crippen LogP contribution in [0.2, 0.25) is 10.0 Å². The Kier molecular flexibility index (Phi) is 9.49. The molecule has 0 unspecified atom stereocenters. The number of morpholine rings is 1. The summed E-state index contributed by atoms with van der Waals surface area (Å²) >= 11 is 12.4. The van der Waals surface area contributed by atoms with E-state index in [0.29, 0.717) is 65.6 Å². The molecule has 0 N–H and O–H groups in total. The van der Waals surface area contributed by atoms with Crippen LogP contribution in [0.5, 0.6) is 11.5 Å². The van der Waals surface area contributed by atoms with Crippen molar-refractivity contribution in [2.45, 2.75) is 19.5 Å². The van der Waals surface area contributed by atoms with Gasteiger partial charge in [0.15, 0.2) is 11.5 Å². The van der Waals surface area contributed by atoms with E-state index in [-0.39, 0.29) is 31.7 Å². The molecule has 1 fully saturated rings. The molecule has 1 aromatic heterocycles. The summed E-state index contributed by atoms with van der Waals surface area (Å²) in [4.78, 5) is 33.0. The molecule has 5 rings (SSSR count). The number of hydrogen-bond acceptors (Lipinski definition) is 7. The third-order valence-electron chi connectivity index (χ3n) is 6.82. The Morgan fingerprint density at radius 3 is 2.42 bits per heavy atom. The first-order valence-electron chi connectivity index (χ1n) is 13.2. The molecule has 0 atom stereocenters. The Balaban J connectivity index is 1.33. The zero-order chi connectivity index (χ0) is 27.9. The second-order valence-corrected chi connectivity index (χ2v) is 10.6. The fourth-order valence-electron chi connectivity index (χ4n) is 4.77. The van der Waals surface area contributed by atoms with Crippen molar-refractivity contribution in [2.75, 3.05) is 52.7 Å². The first-order chi connectivity index (χ1) is 19.4. The van der Waals surface area contributed by atoms with E-state index in [4.69, 9.17) is 41.8 Å². The van der Waals surface area contributed by atoms with Crippen molar-refractivity contribution in [1.82, 2.24) is 14.7 Å². The van der Waals surface area contributed by atoms with Crippen molar-refractivity contribution in [2.24, 2.45) is 0 Å². The lowest BCUT2D eigenvalue weighted by Gasteiger charge is -2.30. The van der Waals surface area contributed by atoms with E-state index in [9.17, 15) is 9.59 Å². The molecule has 1 saturated heterocycles. The fraction of sp³-hybridized carbons (Fsp3) is 0.379. The molecule has 2 aromatic carbocycles. The minimum absolute atomic E-state index is 0.114. The van der Waals surface area contributed by atoms with Crippen LogP contribution in [0, 0.1) is 0 Å². The number of furan rings is 1. The predicted octanol–water partition coefficient (Wildman–Crippen LogP) is 4.71. The van der Waals surface area contributed by atoms with Gasteiger partial charge in [-0.3, -0.25) is 14.5 Å². The van der Waals surface area contributed by atoms with Gasteiger partial charge in [0.25, 0.3) is 5.91 Å². The van der Waals surface area contributed by atoms with E-state index in [1.54, 1.807) is 40.3 Å². The molecule has 40 heavy (non-hydrogen) atoms. The first-order valence-corrected chi connectivity index (χ1v) is 13.9. The lowest BCUT2D eigenvalue weighted by molar-refractivity contribution is -0.133. The van der Waals surface area contributed by atoms with Gasteiger partial charge in [-0.05, 0) is 54.4 Å². The molecule has 0 radical (unpaired) electrons. The predicted molar refractivity (Wildman–Crippen MR) is 150 cm³/mol. The number of halogens is 2. The monoisotopic (exact) mass is 587 g/mol. The highest BCUT2D eigenvalue weighted by molar-refractivity contribution is 6.35. The average molecular weight is 588 g/mol. The maximum absolute atomic E-state index is 13.8. The van der Waals surface area contributed by atoms with E-state index in [1.165, 1.54) is 0 Å². The molecule has 0 saturated carbocycles. The number of rotatable bonds is 11. The van der Waals surface area contributed by atoms with Crippen molar-refractivity contribution in [3.8, 4) is 11.5 Å². The van der Waals surface area contributed by atoms with E-state index < -0.39 is 0 Å². The van der Waals surface area contributed by atoms with Gasteiger partial charge in [0.1, 0.15) is 12.3 Å². The summed E-state index contributed by atoms with van der Waals surface area (Å²) < 4.78 is 21.9. The number of fused-ring (bicyclic) bond motifs is 1. The van der Waals surface area contributed by atoms with Crippen LogP contribution in [0.15, 0.2) is 59.2 Å². The van der Waals surface area contributed by atoms with E-state index in [0.717, 1.165) is 25.2 Å². The highest BCUT2D eigenvalue weighted by Gasteiger charge is 2.25. The van der Waals surface area contributed by atoms with Gasteiger partial charge in [-0.25, -0.2) is 0 Å². The Bertz CT molecular complexity index is 1290. The number of hydrogen-bond donors (Lipinski definition) is 0. The summed E-state index contributed by atoms with van der Waals surface area (Å²) in [5, 5.41) is 0.718. The molecule has 3 heterocycles. The van der Waals surface area contributed by atoms with Crippen LogP contribution in [0.3, 0.4) is 0 Å². The van der Waals surface area contributed by atoms with Crippen molar-refractivity contribution in [3.63, 3.8) is 0 Å². The lowest BCUT2D eigenvalue weighted by Crippen LogP contribution is -2.44. The third kappa shape index (κ3) is 7.48. The molecular formula is C29H31Cl2N3O6. The SMILES string of the molecule is O=C(CN(CCCN1CCOCC1)C(=O)c1cc(Cl)cc(Cl)c1)N(Cc1ccc2c(c1)OCO2)Cc1ccco1. The summed E-state index contributed by atoms with van der Waals surface area (Å²) in [7, 11) is 0. The van der Waals surface area contributed by atoms with E-state index in [2.05, 4.69) is 4.90 Å². The normalized spacial score (nSPS) is 14.8. The fourth-order valence-corrected chi connectivity index (χ4v) is 5.29. The Labute approximate surface area is 243 Å². The largest absolute Gasteiger partial charge is 0.467 e. The van der Waals surface area contributed by atoms with Gasteiger partial charge < -0.3 is 28.4 Å². The van der Waals surface area contributed by atoms with Gasteiger partial charge in [0, 0.05) is 48.3 Å². The number of carbonyl (C=O) groups excluding carboxylic acids is 2. The van der Waals surface area contributed by atoms with E-state index >= 15 is 0 Å². The van der Waals surface area contributed by atoms with Gasteiger partial charge in [0.2, 0.25) is 12.7 Å².